The van der Waals surface area contributed by atoms with Crippen LogP contribution in [-0.2, 0) is 4.79 Å². The normalized spacial score (nSPS) is 11.3. The fourth-order valence-corrected chi connectivity index (χ4v) is 2.88. The molecule has 2 aromatic rings. The zero-order valence-corrected chi connectivity index (χ0v) is 14.3. The van der Waals surface area contributed by atoms with E-state index >= 15 is 0 Å². The summed E-state index contributed by atoms with van der Waals surface area (Å²) in [5.41, 5.74) is 3.20. The van der Waals surface area contributed by atoms with Crippen LogP contribution in [0.15, 0.2) is 45.3 Å². The lowest BCUT2D eigenvalue weighted by Crippen LogP contribution is -2.25. The number of amides is 1. The molecule has 4 nitrogen and oxygen atoms in total. The van der Waals surface area contributed by atoms with E-state index in [0.29, 0.717) is 10.8 Å². The summed E-state index contributed by atoms with van der Waals surface area (Å²) in [6.07, 6.45) is 0. The third-order valence-electron chi connectivity index (χ3n) is 2.46. The molecule has 110 valence electrons. The number of nitrogens with zero attached hydrogens (tertiary/aromatic N) is 1. The van der Waals surface area contributed by atoms with Gasteiger partial charge in [0.1, 0.15) is 5.75 Å². The number of carbonyl (C=O) groups excluding carboxylic acids is 1. The molecule has 0 spiro atoms. The second kappa shape index (κ2) is 7.59. The predicted molar refractivity (Wildman–Crippen MR) is 89.3 cm³/mol. The van der Waals surface area contributed by atoms with Crippen LogP contribution in [0.5, 0.6) is 5.75 Å². The van der Waals surface area contributed by atoms with Gasteiger partial charge >= 0.3 is 0 Å². The molecular weight excluding hydrogens is 376 g/mol. The number of hydrazone groups is 1. The van der Waals surface area contributed by atoms with Crippen molar-refractivity contribution in [2.24, 2.45) is 5.10 Å². The largest absolute Gasteiger partial charge is 0.484 e. The highest BCUT2D eigenvalue weighted by Gasteiger charge is 2.04. The lowest BCUT2D eigenvalue weighted by Gasteiger charge is -2.05. The van der Waals surface area contributed by atoms with Crippen molar-refractivity contribution in [2.45, 2.75) is 6.92 Å². The minimum absolute atomic E-state index is 0.105. The van der Waals surface area contributed by atoms with Crippen LogP contribution in [0.2, 0.25) is 5.02 Å². The number of hydrogen-bond donors (Lipinski definition) is 1. The molecule has 1 aromatic carbocycles. The average molecular weight is 388 g/mol. The van der Waals surface area contributed by atoms with Gasteiger partial charge in [-0.3, -0.25) is 4.79 Å². The van der Waals surface area contributed by atoms with Crippen LogP contribution in [0, 0.1) is 0 Å². The van der Waals surface area contributed by atoms with Gasteiger partial charge < -0.3 is 4.74 Å². The van der Waals surface area contributed by atoms with Crippen LogP contribution in [0.1, 0.15) is 11.8 Å². The topological polar surface area (TPSA) is 50.7 Å². The van der Waals surface area contributed by atoms with Crippen LogP contribution in [0.3, 0.4) is 0 Å². The Balaban J connectivity index is 1.83. The summed E-state index contributed by atoms with van der Waals surface area (Å²) in [6, 6.07) is 10.7. The summed E-state index contributed by atoms with van der Waals surface area (Å²) < 4.78 is 6.34. The molecule has 2 rings (SSSR count). The number of rotatable bonds is 5. The third-order valence-corrected chi connectivity index (χ3v) is 4.45. The van der Waals surface area contributed by atoms with Crippen molar-refractivity contribution in [1.82, 2.24) is 5.43 Å². The quantitative estimate of drug-likeness (QED) is 0.621. The Morgan fingerprint density at radius 2 is 2.05 bits per heavy atom. The molecule has 1 heterocycles. The fraction of sp³-hybridized carbons (Fsp3) is 0.143. The Bertz CT molecular complexity index is 655. The molecule has 1 aromatic heterocycles. The first-order chi connectivity index (χ1) is 10.0. The fourth-order valence-electron chi connectivity index (χ4n) is 1.42. The van der Waals surface area contributed by atoms with Crippen molar-refractivity contribution in [3.63, 3.8) is 0 Å². The molecule has 7 heteroatoms. The highest BCUT2D eigenvalue weighted by Crippen LogP contribution is 2.22. The number of benzene rings is 1. The molecule has 0 bridgehead atoms. The monoisotopic (exact) mass is 386 g/mol. The Morgan fingerprint density at radius 1 is 1.33 bits per heavy atom. The number of carbonyl (C=O) groups is 1. The van der Waals surface area contributed by atoms with E-state index < -0.39 is 0 Å². The van der Waals surface area contributed by atoms with Gasteiger partial charge in [-0.25, -0.2) is 5.43 Å². The van der Waals surface area contributed by atoms with E-state index in [-0.39, 0.29) is 12.5 Å². The van der Waals surface area contributed by atoms with Crippen LogP contribution in [0.4, 0.5) is 0 Å². The lowest BCUT2D eigenvalue weighted by molar-refractivity contribution is -0.123. The maximum Gasteiger partial charge on any atom is 0.277 e. The van der Waals surface area contributed by atoms with Crippen LogP contribution in [0.25, 0.3) is 0 Å². The number of thiophene rings is 1. The van der Waals surface area contributed by atoms with Crippen molar-refractivity contribution in [3.05, 3.63) is 50.1 Å². The first kappa shape index (κ1) is 16.0. The number of hydrogen-bond acceptors (Lipinski definition) is 4. The molecule has 0 aliphatic carbocycles. The standard InChI is InChI=1S/C14H12BrClN2O2S/c1-9(12-6-7-13(15)21-12)17-18-14(19)8-20-11-4-2-10(16)3-5-11/h2-7H,8H2,1H3,(H,18,19)/b17-9+. The Kier molecular flexibility index (Phi) is 5.78. The van der Waals surface area contributed by atoms with Crippen LogP contribution in [-0.4, -0.2) is 18.2 Å². The zero-order valence-electron chi connectivity index (χ0n) is 11.1. The summed E-state index contributed by atoms with van der Waals surface area (Å²) in [5, 5.41) is 4.66. The molecule has 0 saturated carbocycles. The molecule has 0 aliphatic heterocycles. The van der Waals surface area contributed by atoms with E-state index in [4.69, 9.17) is 16.3 Å². The Labute approximate surface area is 139 Å². The highest BCUT2D eigenvalue weighted by molar-refractivity contribution is 9.11. The van der Waals surface area contributed by atoms with Gasteiger partial charge in [0.25, 0.3) is 5.91 Å². The second-order valence-electron chi connectivity index (χ2n) is 4.08. The van der Waals surface area contributed by atoms with Crippen molar-refractivity contribution in [2.75, 3.05) is 6.61 Å². The molecule has 0 radical (unpaired) electrons. The van der Waals surface area contributed by atoms with Crippen molar-refractivity contribution < 1.29 is 9.53 Å². The molecular formula is C14H12BrClN2O2S. The molecule has 0 unspecified atom stereocenters. The summed E-state index contributed by atoms with van der Waals surface area (Å²) in [4.78, 5) is 12.6. The first-order valence-corrected chi connectivity index (χ1v) is 8.00. The molecule has 1 N–H and O–H groups in total. The minimum atomic E-state index is -0.320. The van der Waals surface area contributed by atoms with Crippen LogP contribution < -0.4 is 10.2 Å². The average Bonchev–Trinajstić information content (AvgIpc) is 2.91. The van der Waals surface area contributed by atoms with Gasteiger partial charge in [-0.05, 0) is 59.3 Å². The van der Waals surface area contributed by atoms with E-state index in [1.54, 1.807) is 35.6 Å². The molecule has 1 amide bonds. The van der Waals surface area contributed by atoms with E-state index in [9.17, 15) is 4.79 Å². The molecule has 0 atom stereocenters. The molecule has 0 fully saturated rings. The Morgan fingerprint density at radius 3 is 2.67 bits per heavy atom. The lowest BCUT2D eigenvalue weighted by atomic mass is 10.3. The van der Waals surface area contributed by atoms with E-state index in [1.165, 1.54) is 0 Å². The van der Waals surface area contributed by atoms with E-state index in [0.717, 1.165) is 14.4 Å². The number of halogens is 2. The maximum absolute atomic E-state index is 11.6. The van der Waals surface area contributed by atoms with Crippen molar-refractivity contribution >= 4 is 50.5 Å². The van der Waals surface area contributed by atoms with Gasteiger partial charge in [-0.1, -0.05) is 11.6 Å². The van der Waals surface area contributed by atoms with Gasteiger partial charge in [-0.2, -0.15) is 5.10 Å². The van der Waals surface area contributed by atoms with Gasteiger partial charge in [-0.15, -0.1) is 11.3 Å². The molecule has 0 saturated heterocycles. The smallest absolute Gasteiger partial charge is 0.277 e. The molecule has 0 aliphatic rings. The summed E-state index contributed by atoms with van der Waals surface area (Å²) in [7, 11) is 0. The number of ether oxygens (including phenoxy) is 1. The summed E-state index contributed by atoms with van der Waals surface area (Å²) in [6.45, 7) is 1.73. The first-order valence-electron chi connectivity index (χ1n) is 6.02. The van der Waals surface area contributed by atoms with Crippen LogP contribution >= 0.6 is 38.9 Å². The van der Waals surface area contributed by atoms with E-state index in [2.05, 4.69) is 26.5 Å². The number of nitrogens with one attached hydrogen (secondary N) is 1. The zero-order chi connectivity index (χ0) is 15.2. The van der Waals surface area contributed by atoms with Gasteiger partial charge in [0, 0.05) is 5.02 Å². The summed E-state index contributed by atoms with van der Waals surface area (Å²) in [5.74, 6) is 0.261. The predicted octanol–water partition coefficient (Wildman–Crippen LogP) is 4.08. The van der Waals surface area contributed by atoms with E-state index in [1.807, 2.05) is 19.1 Å². The van der Waals surface area contributed by atoms with Gasteiger partial charge in [0.15, 0.2) is 6.61 Å². The summed E-state index contributed by atoms with van der Waals surface area (Å²) >= 11 is 10.7. The third kappa shape index (κ3) is 5.15. The Hall–Kier alpha value is -1.37. The second-order valence-corrected chi connectivity index (χ2v) is 6.98. The minimum Gasteiger partial charge on any atom is -0.484 e. The SMILES string of the molecule is C/C(=N\NC(=O)COc1ccc(Cl)cc1)c1ccc(Br)s1. The van der Waals surface area contributed by atoms with Crippen molar-refractivity contribution in [3.8, 4) is 5.75 Å². The molecule has 21 heavy (non-hydrogen) atoms. The van der Waals surface area contributed by atoms with Gasteiger partial charge in [0.05, 0.1) is 14.4 Å². The maximum atomic E-state index is 11.6. The highest BCUT2D eigenvalue weighted by atomic mass is 79.9. The van der Waals surface area contributed by atoms with Gasteiger partial charge in [0.2, 0.25) is 0 Å². The van der Waals surface area contributed by atoms with Crippen molar-refractivity contribution in [1.29, 1.82) is 0 Å².